The topological polar surface area (TPSA) is 55.8 Å². The lowest BCUT2D eigenvalue weighted by Gasteiger charge is -2.34. The first-order valence-corrected chi connectivity index (χ1v) is 10.5. The van der Waals surface area contributed by atoms with Crippen LogP contribution < -0.4 is 0 Å². The van der Waals surface area contributed by atoms with Gasteiger partial charge in [-0.2, -0.15) is 0 Å². The molecule has 156 valence electrons. The second-order valence-corrected chi connectivity index (χ2v) is 8.63. The number of nitrogens with zero attached hydrogens (tertiary/aromatic N) is 1. The van der Waals surface area contributed by atoms with Crippen molar-refractivity contribution in [2.24, 2.45) is 5.92 Å². The van der Waals surface area contributed by atoms with E-state index in [0.29, 0.717) is 18.9 Å². The molecule has 0 aliphatic carbocycles. The Morgan fingerprint density at radius 2 is 1.93 bits per heavy atom. The van der Waals surface area contributed by atoms with E-state index in [1.54, 1.807) is 0 Å². The van der Waals surface area contributed by atoms with Gasteiger partial charge in [-0.3, -0.25) is 4.79 Å². The summed E-state index contributed by atoms with van der Waals surface area (Å²) in [5, 5.41) is 0. The van der Waals surface area contributed by atoms with Crippen LogP contribution in [0.4, 0.5) is 4.79 Å². The summed E-state index contributed by atoms with van der Waals surface area (Å²) in [6.45, 7) is 9.42. The molecular formula is C23H35NO4. The average Bonchev–Trinajstić information content (AvgIpc) is 2.65. The van der Waals surface area contributed by atoms with Gasteiger partial charge in [-0.05, 0) is 70.8 Å². The molecule has 1 saturated heterocycles. The molecule has 1 fully saturated rings. The van der Waals surface area contributed by atoms with Gasteiger partial charge in [0.05, 0.1) is 13.0 Å². The number of piperidine rings is 1. The van der Waals surface area contributed by atoms with Gasteiger partial charge in [-0.15, -0.1) is 0 Å². The summed E-state index contributed by atoms with van der Waals surface area (Å²) in [7, 11) is 0. The smallest absolute Gasteiger partial charge is 0.410 e. The Hall–Kier alpha value is -2.04. The number of hydrogen-bond donors (Lipinski definition) is 0. The fraction of sp³-hybridized carbons (Fsp3) is 0.652. The lowest BCUT2D eigenvalue weighted by atomic mass is 9.85. The fourth-order valence-corrected chi connectivity index (χ4v) is 3.76. The molecule has 0 spiro atoms. The van der Waals surface area contributed by atoms with E-state index in [2.05, 4.69) is 12.1 Å². The molecule has 1 amide bonds. The van der Waals surface area contributed by atoms with E-state index in [1.807, 2.05) is 50.8 Å². The van der Waals surface area contributed by atoms with Crippen molar-refractivity contribution in [1.29, 1.82) is 0 Å². The molecule has 0 aromatic heterocycles. The van der Waals surface area contributed by atoms with Gasteiger partial charge < -0.3 is 14.4 Å². The summed E-state index contributed by atoms with van der Waals surface area (Å²) >= 11 is 0. The number of ether oxygens (including phenoxy) is 2. The Morgan fingerprint density at radius 3 is 2.57 bits per heavy atom. The fourth-order valence-electron chi connectivity index (χ4n) is 3.76. The number of carbonyl (C=O) groups excluding carboxylic acids is 2. The minimum absolute atomic E-state index is 0.143. The Morgan fingerprint density at radius 1 is 1.21 bits per heavy atom. The first-order valence-electron chi connectivity index (χ1n) is 10.5. The largest absolute Gasteiger partial charge is 0.466 e. The normalized spacial score (nSPS) is 18.4. The molecular weight excluding hydrogens is 354 g/mol. The first kappa shape index (κ1) is 22.3. The molecule has 0 N–H and O–H groups in total. The van der Waals surface area contributed by atoms with Crippen molar-refractivity contribution in [2.75, 3.05) is 19.7 Å². The second-order valence-electron chi connectivity index (χ2n) is 8.63. The predicted octanol–water partition coefficient (Wildman–Crippen LogP) is 5.15. The van der Waals surface area contributed by atoms with Gasteiger partial charge in [0.25, 0.3) is 0 Å². The van der Waals surface area contributed by atoms with Gasteiger partial charge in [0.1, 0.15) is 5.60 Å². The van der Waals surface area contributed by atoms with Crippen LogP contribution in [-0.2, 0) is 14.3 Å². The summed E-state index contributed by atoms with van der Waals surface area (Å²) in [5.74, 6) is 0.446. The Labute approximate surface area is 169 Å². The van der Waals surface area contributed by atoms with E-state index in [4.69, 9.17) is 9.47 Å². The van der Waals surface area contributed by atoms with Gasteiger partial charge in [0.2, 0.25) is 0 Å². The van der Waals surface area contributed by atoms with Crippen molar-refractivity contribution in [3.05, 3.63) is 35.9 Å². The Kier molecular flexibility index (Phi) is 8.34. The Balaban J connectivity index is 1.94. The molecule has 5 nitrogen and oxygen atoms in total. The molecule has 1 aliphatic rings. The highest BCUT2D eigenvalue weighted by Crippen LogP contribution is 2.30. The predicted molar refractivity (Wildman–Crippen MR) is 110 cm³/mol. The third-order valence-electron chi connectivity index (χ3n) is 5.08. The summed E-state index contributed by atoms with van der Waals surface area (Å²) in [5.41, 5.74) is 0.706. The van der Waals surface area contributed by atoms with Crippen LogP contribution in [-0.4, -0.2) is 42.3 Å². The summed E-state index contributed by atoms with van der Waals surface area (Å²) in [6.07, 6.45) is 4.19. The molecule has 28 heavy (non-hydrogen) atoms. The van der Waals surface area contributed by atoms with Gasteiger partial charge in [-0.25, -0.2) is 4.79 Å². The van der Waals surface area contributed by atoms with Crippen LogP contribution in [0, 0.1) is 5.92 Å². The monoisotopic (exact) mass is 389 g/mol. The molecule has 1 aromatic rings. The third-order valence-corrected chi connectivity index (χ3v) is 5.08. The van der Waals surface area contributed by atoms with Gasteiger partial charge >= 0.3 is 12.1 Å². The van der Waals surface area contributed by atoms with Crippen molar-refractivity contribution in [2.45, 2.75) is 71.3 Å². The van der Waals surface area contributed by atoms with E-state index in [0.717, 1.165) is 38.8 Å². The number of rotatable bonds is 7. The SMILES string of the molecule is CCOC(=O)CC(CC[C@@H]1CCCN(C(=O)OC(C)(C)C)C1)c1ccccc1. The lowest BCUT2D eigenvalue weighted by molar-refractivity contribution is -0.143. The number of esters is 1. The zero-order chi connectivity index (χ0) is 20.6. The molecule has 5 heteroatoms. The maximum atomic E-state index is 12.4. The highest BCUT2D eigenvalue weighted by Gasteiger charge is 2.28. The first-order chi connectivity index (χ1) is 13.3. The van der Waals surface area contributed by atoms with Crippen LogP contribution in [0.3, 0.4) is 0 Å². The van der Waals surface area contributed by atoms with Crippen LogP contribution in [0.25, 0.3) is 0 Å². The van der Waals surface area contributed by atoms with Crippen LogP contribution in [0.1, 0.15) is 71.3 Å². The highest BCUT2D eigenvalue weighted by molar-refractivity contribution is 5.70. The summed E-state index contributed by atoms with van der Waals surface area (Å²) in [4.78, 5) is 26.3. The maximum absolute atomic E-state index is 12.4. The van der Waals surface area contributed by atoms with E-state index >= 15 is 0 Å². The van der Waals surface area contributed by atoms with E-state index in [1.165, 1.54) is 5.56 Å². The lowest BCUT2D eigenvalue weighted by Crippen LogP contribution is -2.42. The number of benzene rings is 1. The third kappa shape index (κ3) is 7.53. The standard InChI is InChI=1S/C23H35NO4/c1-5-27-21(25)16-20(19-11-7-6-8-12-19)14-13-18-10-9-15-24(17-18)22(26)28-23(2,3)4/h6-8,11-12,18,20H,5,9-10,13-17H2,1-4H3/t18-,20?/m0/s1. The zero-order valence-corrected chi connectivity index (χ0v) is 17.8. The minimum Gasteiger partial charge on any atom is -0.466 e. The highest BCUT2D eigenvalue weighted by atomic mass is 16.6. The molecule has 0 saturated carbocycles. The molecule has 0 bridgehead atoms. The molecule has 1 heterocycles. The van der Waals surface area contributed by atoms with Crippen LogP contribution in [0.5, 0.6) is 0 Å². The molecule has 0 radical (unpaired) electrons. The number of hydrogen-bond acceptors (Lipinski definition) is 4. The van der Waals surface area contributed by atoms with Crippen LogP contribution in [0.2, 0.25) is 0 Å². The van der Waals surface area contributed by atoms with Crippen LogP contribution in [0.15, 0.2) is 30.3 Å². The quantitative estimate of drug-likeness (QED) is 0.605. The molecule has 2 atom stereocenters. The van der Waals surface area contributed by atoms with Crippen molar-refractivity contribution in [1.82, 2.24) is 4.90 Å². The minimum atomic E-state index is -0.470. The van der Waals surface area contributed by atoms with Crippen molar-refractivity contribution < 1.29 is 19.1 Å². The van der Waals surface area contributed by atoms with E-state index in [-0.39, 0.29) is 18.0 Å². The van der Waals surface area contributed by atoms with Gasteiger partial charge in [0, 0.05) is 13.1 Å². The number of carbonyl (C=O) groups is 2. The van der Waals surface area contributed by atoms with Gasteiger partial charge in [0.15, 0.2) is 0 Å². The summed E-state index contributed by atoms with van der Waals surface area (Å²) < 4.78 is 10.7. The maximum Gasteiger partial charge on any atom is 0.410 e. The average molecular weight is 390 g/mol. The molecule has 1 aromatic carbocycles. The van der Waals surface area contributed by atoms with Gasteiger partial charge in [-0.1, -0.05) is 30.3 Å². The summed E-state index contributed by atoms with van der Waals surface area (Å²) in [6, 6.07) is 10.2. The second kappa shape index (κ2) is 10.5. The number of likely N-dealkylation sites (tertiary alicyclic amines) is 1. The van der Waals surface area contributed by atoms with E-state index < -0.39 is 5.60 Å². The van der Waals surface area contributed by atoms with E-state index in [9.17, 15) is 9.59 Å². The Bertz CT molecular complexity index is 623. The van der Waals surface area contributed by atoms with Crippen LogP contribution >= 0.6 is 0 Å². The molecule has 2 rings (SSSR count). The van der Waals surface area contributed by atoms with Crippen molar-refractivity contribution >= 4 is 12.1 Å². The molecule has 1 aliphatic heterocycles. The molecule has 1 unspecified atom stereocenters. The van der Waals surface area contributed by atoms with Crippen molar-refractivity contribution in [3.8, 4) is 0 Å². The zero-order valence-electron chi connectivity index (χ0n) is 17.8. The van der Waals surface area contributed by atoms with Crippen molar-refractivity contribution in [3.63, 3.8) is 0 Å². The number of amides is 1.